The molecule has 1 aliphatic rings. The Labute approximate surface area is 114 Å². The van der Waals surface area contributed by atoms with E-state index >= 15 is 0 Å². The van der Waals surface area contributed by atoms with E-state index in [1.54, 1.807) is 20.8 Å². The lowest BCUT2D eigenvalue weighted by Crippen LogP contribution is -2.60. The fraction of sp³-hybridized carbons (Fsp3) is 0.833. The number of hydrogen-bond acceptors (Lipinski definition) is 3. The highest BCUT2D eigenvalue weighted by Crippen LogP contribution is 2.36. The fourth-order valence-electron chi connectivity index (χ4n) is 2.14. The van der Waals surface area contributed by atoms with E-state index in [0.717, 1.165) is 0 Å². The van der Waals surface area contributed by atoms with Gasteiger partial charge in [0.15, 0.2) is 0 Å². The van der Waals surface area contributed by atoms with Crippen molar-refractivity contribution in [3.05, 3.63) is 0 Å². The largest absolute Gasteiger partial charge is 0.481 e. The molecule has 1 fully saturated rings. The number of carboxylic acid groups (broad SMARTS) is 1. The number of aliphatic carboxylic acids is 1. The quantitative estimate of drug-likeness (QED) is 0.828. The number of carbonyl (C=O) groups excluding carboxylic acids is 1. The van der Waals surface area contributed by atoms with Crippen molar-refractivity contribution in [2.45, 2.75) is 57.5 Å². The molecule has 0 aromatic carbocycles. The van der Waals surface area contributed by atoms with Crippen LogP contribution in [0, 0.1) is 5.92 Å². The van der Waals surface area contributed by atoms with E-state index in [1.807, 2.05) is 5.32 Å². The molecule has 0 aromatic rings. The lowest BCUT2D eigenvalue weighted by atomic mass is 9.74. The van der Waals surface area contributed by atoms with E-state index in [1.165, 1.54) is 0 Å². The number of hydrogen-bond donors (Lipinski definition) is 2. The van der Waals surface area contributed by atoms with Gasteiger partial charge < -0.3 is 15.2 Å². The summed E-state index contributed by atoms with van der Waals surface area (Å²) in [5, 5.41) is 10.6. The molecule has 0 saturated heterocycles. The second-order valence-corrected chi connectivity index (χ2v) is 5.84. The van der Waals surface area contributed by atoms with E-state index in [-0.39, 0.29) is 12.8 Å². The molecular weight excluding hydrogens is 279 g/mol. The normalized spacial score (nSPS) is 26.8. The standard InChI is InChI=1S/C12H18F3NO4/c1-11(2,3)20-8-5-7(6(8)4-9(17)18)16-10(19)12(13,14)15/h6-8H,4-5H2,1-3H3,(H,16,19)(H,17,18). The summed E-state index contributed by atoms with van der Waals surface area (Å²) in [6.45, 7) is 5.31. The molecule has 0 bridgehead atoms. The van der Waals surface area contributed by atoms with Gasteiger partial charge in [-0.2, -0.15) is 13.2 Å². The summed E-state index contributed by atoms with van der Waals surface area (Å²) < 4.78 is 42.1. The third-order valence-electron chi connectivity index (χ3n) is 2.97. The van der Waals surface area contributed by atoms with Gasteiger partial charge in [-0.15, -0.1) is 0 Å². The molecule has 20 heavy (non-hydrogen) atoms. The van der Waals surface area contributed by atoms with Gasteiger partial charge in [-0.3, -0.25) is 9.59 Å². The van der Waals surface area contributed by atoms with E-state index in [4.69, 9.17) is 9.84 Å². The number of ether oxygens (including phenoxy) is 1. The summed E-state index contributed by atoms with van der Waals surface area (Å²) in [7, 11) is 0. The molecule has 0 aromatic heterocycles. The predicted octanol–water partition coefficient (Wildman–Crippen LogP) is 1.71. The maximum atomic E-state index is 12.2. The van der Waals surface area contributed by atoms with Crippen molar-refractivity contribution < 1.29 is 32.6 Å². The van der Waals surface area contributed by atoms with E-state index in [0.29, 0.717) is 0 Å². The summed E-state index contributed by atoms with van der Waals surface area (Å²) in [5.74, 6) is -3.84. The minimum atomic E-state index is -4.97. The number of nitrogens with one attached hydrogen (secondary N) is 1. The van der Waals surface area contributed by atoms with Gasteiger partial charge in [0.1, 0.15) is 0 Å². The van der Waals surface area contributed by atoms with Gasteiger partial charge in [-0.05, 0) is 27.2 Å². The summed E-state index contributed by atoms with van der Waals surface area (Å²) in [6, 6.07) is -0.826. The number of halogens is 3. The first-order chi connectivity index (χ1) is 8.90. The molecule has 8 heteroatoms. The first-order valence-corrected chi connectivity index (χ1v) is 6.17. The highest BCUT2D eigenvalue weighted by Gasteiger charge is 2.48. The van der Waals surface area contributed by atoms with Crippen molar-refractivity contribution in [3.63, 3.8) is 0 Å². The Morgan fingerprint density at radius 2 is 1.85 bits per heavy atom. The van der Waals surface area contributed by atoms with Gasteiger partial charge in [0.25, 0.3) is 0 Å². The Hall–Kier alpha value is -1.31. The minimum Gasteiger partial charge on any atom is -0.481 e. The van der Waals surface area contributed by atoms with Crippen molar-refractivity contribution in [1.29, 1.82) is 0 Å². The van der Waals surface area contributed by atoms with Crippen LogP contribution in [0.2, 0.25) is 0 Å². The number of alkyl halides is 3. The molecule has 0 heterocycles. The Morgan fingerprint density at radius 1 is 1.30 bits per heavy atom. The van der Waals surface area contributed by atoms with Gasteiger partial charge in [0, 0.05) is 12.0 Å². The summed E-state index contributed by atoms with van der Waals surface area (Å²) >= 11 is 0. The summed E-state index contributed by atoms with van der Waals surface area (Å²) in [4.78, 5) is 21.6. The third-order valence-corrected chi connectivity index (χ3v) is 2.97. The molecule has 1 amide bonds. The van der Waals surface area contributed by atoms with Crippen LogP contribution >= 0.6 is 0 Å². The van der Waals surface area contributed by atoms with Crippen molar-refractivity contribution in [3.8, 4) is 0 Å². The molecule has 3 atom stereocenters. The van der Waals surface area contributed by atoms with Gasteiger partial charge in [-0.1, -0.05) is 0 Å². The van der Waals surface area contributed by atoms with E-state index in [2.05, 4.69) is 0 Å². The maximum absolute atomic E-state index is 12.2. The van der Waals surface area contributed by atoms with Crippen LogP contribution in [-0.4, -0.2) is 40.9 Å². The van der Waals surface area contributed by atoms with Crippen molar-refractivity contribution in [1.82, 2.24) is 5.32 Å². The van der Waals surface area contributed by atoms with Gasteiger partial charge in [-0.25, -0.2) is 0 Å². The average Bonchev–Trinajstić information content (AvgIpc) is 2.21. The second kappa shape index (κ2) is 5.59. The number of amides is 1. The molecule has 1 rings (SSSR count). The van der Waals surface area contributed by atoms with E-state index in [9.17, 15) is 22.8 Å². The average molecular weight is 297 g/mol. The fourth-order valence-corrected chi connectivity index (χ4v) is 2.14. The van der Waals surface area contributed by atoms with Crippen LogP contribution in [0.4, 0.5) is 13.2 Å². The SMILES string of the molecule is CC(C)(C)OC1CC(NC(=O)C(F)(F)F)C1CC(=O)O. The Morgan fingerprint density at radius 3 is 2.25 bits per heavy atom. The molecule has 2 N–H and O–H groups in total. The van der Waals surface area contributed by atoms with Crippen LogP contribution in [0.5, 0.6) is 0 Å². The van der Waals surface area contributed by atoms with Crippen molar-refractivity contribution in [2.24, 2.45) is 5.92 Å². The van der Waals surface area contributed by atoms with Gasteiger partial charge >= 0.3 is 18.1 Å². The summed E-state index contributed by atoms with van der Waals surface area (Å²) in [6.07, 6.45) is -5.60. The number of rotatable bonds is 4. The molecule has 1 saturated carbocycles. The van der Waals surface area contributed by atoms with Crippen LogP contribution < -0.4 is 5.32 Å². The Bertz CT molecular complexity index is 389. The first-order valence-electron chi connectivity index (χ1n) is 6.17. The number of carbonyl (C=O) groups is 2. The van der Waals surface area contributed by atoms with Crippen LogP contribution in [0.25, 0.3) is 0 Å². The molecule has 0 radical (unpaired) electrons. The molecule has 0 spiro atoms. The monoisotopic (exact) mass is 297 g/mol. The third kappa shape index (κ3) is 4.66. The molecule has 3 unspecified atom stereocenters. The minimum absolute atomic E-state index is 0.178. The zero-order chi connectivity index (χ0) is 15.7. The lowest BCUT2D eigenvalue weighted by molar-refractivity contribution is -0.182. The molecule has 116 valence electrons. The predicted molar refractivity (Wildman–Crippen MR) is 63.0 cm³/mol. The van der Waals surface area contributed by atoms with Gasteiger partial charge in [0.05, 0.1) is 18.1 Å². The van der Waals surface area contributed by atoms with Crippen molar-refractivity contribution >= 4 is 11.9 Å². The molecule has 1 aliphatic carbocycles. The van der Waals surface area contributed by atoms with Crippen LogP contribution in [0.3, 0.4) is 0 Å². The highest BCUT2D eigenvalue weighted by atomic mass is 19.4. The summed E-state index contributed by atoms with van der Waals surface area (Å²) in [5.41, 5.74) is -0.527. The van der Waals surface area contributed by atoms with Crippen LogP contribution in [-0.2, 0) is 14.3 Å². The zero-order valence-electron chi connectivity index (χ0n) is 11.5. The first kappa shape index (κ1) is 16.7. The van der Waals surface area contributed by atoms with Gasteiger partial charge in [0.2, 0.25) is 0 Å². The molecule has 5 nitrogen and oxygen atoms in total. The highest BCUT2D eigenvalue weighted by molar-refractivity contribution is 5.82. The number of carboxylic acids is 1. The van der Waals surface area contributed by atoms with Crippen molar-refractivity contribution in [2.75, 3.05) is 0 Å². The maximum Gasteiger partial charge on any atom is 0.471 e. The smallest absolute Gasteiger partial charge is 0.471 e. The second-order valence-electron chi connectivity index (χ2n) is 5.84. The molecule has 0 aliphatic heterocycles. The zero-order valence-corrected chi connectivity index (χ0v) is 11.5. The topological polar surface area (TPSA) is 75.6 Å². The van der Waals surface area contributed by atoms with E-state index < -0.39 is 41.7 Å². The van der Waals surface area contributed by atoms with Crippen LogP contribution in [0.1, 0.15) is 33.6 Å². The Balaban J connectivity index is 2.65. The van der Waals surface area contributed by atoms with Crippen LogP contribution in [0.15, 0.2) is 0 Å². The molecular formula is C12H18F3NO4. The Kier molecular flexibility index (Phi) is 4.68. The lowest BCUT2D eigenvalue weighted by Gasteiger charge is -2.46.